The van der Waals surface area contributed by atoms with Crippen molar-refractivity contribution in [1.29, 1.82) is 0 Å². The number of rotatable bonds is 3. The Kier molecular flexibility index (Phi) is 4.59. The summed E-state index contributed by atoms with van der Waals surface area (Å²) >= 11 is 0. The first-order valence-corrected chi connectivity index (χ1v) is 9.92. The van der Waals surface area contributed by atoms with Gasteiger partial charge in [-0.05, 0) is 23.3 Å². The largest absolute Gasteiger partial charge is 0.507 e. The molecule has 0 amide bonds. The van der Waals surface area contributed by atoms with E-state index in [2.05, 4.69) is 0 Å². The summed E-state index contributed by atoms with van der Waals surface area (Å²) in [7, 11) is 1.43. The van der Waals surface area contributed by atoms with E-state index in [1.165, 1.54) is 25.5 Å². The van der Waals surface area contributed by atoms with Gasteiger partial charge in [-0.25, -0.2) is 0 Å². The minimum Gasteiger partial charge on any atom is -0.507 e. The molecule has 2 N–H and O–H groups in total. The Labute approximate surface area is 182 Å². The molecular weight excluding hydrogens is 412 g/mol. The van der Waals surface area contributed by atoms with Gasteiger partial charge in [0.2, 0.25) is 5.43 Å². The number of ether oxygens (including phenoxy) is 2. The maximum Gasteiger partial charge on any atom is 0.312 e. The summed E-state index contributed by atoms with van der Waals surface area (Å²) in [5, 5.41) is 20.6. The molecule has 32 heavy (non-hydrogen) atoms. The molecular formula is C25H18O7. The number of methoxy groups -OCH3 is 1. The molecule has 3 aromatic carbocycles. The zero-order valence-corrected chi connectivity index (χ0v) is 17.0. The van der Waals surface area contributed by atoms with E-state index < -0.39 is 17.3 Å². The third-order valence-electron chi connectivity index (χ3n) is 5.66. The van der Waals surface area contributed by atoms with Crippen LogP contribution in [-0.2, 0) is 4.79 Å². The predicted molar refractivity (Wildman–Crippen MR) is 116 cm³/mol. The van der Waals surface area contributed by atoms with E-state index in [4.69, 9.17) is 13.9 Å². The van der Waals surface area contributed by atoms with Gasteiger partial charge >= 0.3 is 5.97 Å². The standard InChI is InChI=1S/C25H18O7/c1-30-19-9-14(7-8-17(19)26)15-10-21(28)32-20-11-18(27)23-24(29)16(12-31-25(23)22(15)20)13-5-3-2-4-6-13/h2-9,11-12,15,26-27H,10H2,1H3. The molecule has 1 aromatic heterocycles. The van der Waals surface area contributed by atoms with Crippen LogP contribution in [0.3, 0.4) is 0 Å². The summed E-state index contributed by atoms with van der Waals surface area (Å²) in [6, 6.07) is 15.0. The highest BCUT2D eigenvalue weighted by Crippen LogP contribution is 2.46. The summed E-state index contributed by atoms with van der Waals surface area (Å²) < 4.78 is 16.5. The van der Waals surface area contributed by atoms with Gasteiger partial charge in [0.05, 0.1) is 19.1 Å². The molecule has 0 radical (unpaired) electrons. The van der Waals surface area contributed by atoms with E-state index in [0.29, 0.717) is 22.3 Å². The van der Waals surface area contributed by atoms with Gasteiger partial charge in [0, 0.05) is 17.5 Å². The second-order valence-electron chi connectivity index (χ2n) is 7.52. The van der Waals surface area contributed by atoms with Crippen LogP contribution in [0.5, 0.6) is 23.0 Å². The highest BCUT2D eigenvalue weighted by molar-refractivity contribution is 5.94. The van der Waals surface area contributed by atoms with E-state index >= 15 is 0 Å². The molecule has 1 unspecified atom stereocenters. The third kappa shape index (κ3) is 3.06. The monoisotopic (exact) mass is 430 g/mol. The van der Waals surface area contributed by atoms with Crippen LogP contribution in [0.15, 0.2) is 70.1 Å². The van der Waals surface area contributed by atoms with E-state index in [0.717, 1.165) is 0 Å². The first-order valence-electron chi connectivity index (χ1n) is 9.92. The maximum atomic E-state index is 13.3. The van der Waals surface area contributed by atoms with Crippen molar-refractivity contribution in [3.05, 3.63) is 82.2 Å². The van der Waals surface area contributed by atoms with Crippen LogP contribution < -0.4 is 14.9 Å². The Morgan fingerprint density at radius 2 is 1.78 bits per heavy atom. The Morgan fingerprint density at radius 3 is 2.53 bits per heavy atom. The highest BCUT2D eigenvalue weighted by atomic mass is 16.5. The molecule has 160 valence electrons. The van der Waals surface area contributed by atoms with Crippen molar-refractivity contribution in [2.45, 2.75) is 12.3 Å². The van der Waals surface area contributed by atoms with Gasteiger partial charge in [-0.1, -0.05) is 36.4 Å². The Morgan fingerprint density at radius 1 is 1.00 bits per heavy atom. The molecule has 1 aliphatic heterocycles. The van der Waals surface area contributed by atoms with Crippen LogP contribution in [0.25, 0.3) is 22.1 Å². The lowest BCUT2D eigenvalue weighted by Crippen LogP contribution is -2.22. The number of phenols is 2. The first-order chi connectivity index (χ1) is 15.5. The van der Waals surface area contributed by atoms with Crippen molar-refractivity contribution < 1.29 is 28.9 Å². The Bertz CT molecular complexity index is 1420. The summed E-state index contributed by atoms with van der Waals surface area (Å²) in [5.74, 6) is -1.02. The highest BCUT2D eigenvalue weighted by Gasteiger charge is 2.34. The smallest absolute Gasteiger partial charge is 0.312 e. The molecule has 0 aliphatic carbocycles. The summed E-state index contributed by atoms with van der Waals surface area (Å²) in [6.07, 6.45) is 1.34. The number of phenolic OH excluding ortho intramolecular Hbond substituents is 2. The van der Waals surface area contributed by atoms with Gasteiger partial charge in [0.15, 0.2) is 11.5 Å². The lowest BCUT2D eigenvalue weighted by atomic mass is 9.84. The zero-order chi connectivity index (χ0) is 22.4. The van der Waals surface area contributed by atoms with Crippen LogP contribution in [0.4, 0.5) is 0 Å². The van der Waals surface area contributed by atoms with Crippen LogP contribution in [0, 0.1) is 0 Å². The molecule has 5 rings (SSSR count). The van der Waals surface area contributed by atoms with Crippen molar-refractivity contribution in [3.8, 4) is 34.1 Å². The average molecular weight is 430 g/mol. The van der Waals surface area contributed by atoms with Crippen molar-refractivity contribution in [3.63, 3.8) is 0 Å². The fourth-order valence-corrected chi connectivity index (χ4v) is 4.14. The van der Waals surface area contributed by atoms with Gasteiger partial charge in [0.25, 0.3) is 0 Å². The molecule has 1 atom stereocenters. The number of carbonyl (C=O) groups excluding carboxylic acids is 1. The van der Waals surface area contributed by atoms with E-state index in [9.17, 15) is 19.8 Å². The molecule has 7 nitrogen and oxygen atoms in total. The molecule has 1 aliphatic rings. The number of hydrogen-bond donors (Lipinski definition) is 2. The summed E-state index contributed by atoms with van der Waals surface area (Å²) in [6.45, 7) is 0. The van der Waals surface area contributed by atoms with E-state index in [-0.39, 0.29) is 40.4 Å². The van der Waals surface area contributed by atoms with Crippen molar-refractivity contribution >= 4 is 16.9 Å². The zero-order valence-electron chi connectivity index (χ0n) is 17.0. The first kappa shape index (κ1) is 19.7. The maximum absolute atomic E-state index is 13.3. The third-order valence-corrected chi connectivity index (χ3v) is 5.66. The molecule has 2 heterocycles. The quantitative estimate of drug-likeness (QED) is 0.368. The Balaban J connectivity index is 1.78. The normalized spacial score (nSPS) is 15.3. The molecule has 4 aromatic rings. The number of fused-ring (bicyclic) bond motifs is 3. The lowest BCUT2D eigenvalue weighted by Gasteiger charge is -2.26. The number of hydrogen-bond acceptors (Lipinski definition) is 7. The number of benzene rings is 3. The molecule has 0 saturated heterocycles. The van der Waals surface area contributed by atoms with E-state index in [1.807, 2.05) is 6.07 Å². The molecule has 0 saturated carbocycles. The second kappa shape index (κ2) is 7.46. The van der Waals surface area contributed by atoms with Gasteiger partial charge in [-0.15, -0.1) is 0 Å². The van der Waals surface area contributed by atoms with Crippen molar-refractivity contribution in [2.75, 3.05) is 7.11 Å². The van der Waals surface area contributed by atoms with Gasteiger partial charge in [-0.2, -0.15) is 0 Å². The van der Waals surface area contributed by atoms with Gasteiger partial charge in [-0.3, -0.25) is 9.59 Å². The predicted octanol–water partition coefficient (Wildman–Crippen LogP) is 4.32. The number of esters is 1. The topological polar surface area (TPSA) is 106 Å². The summed E-state index contributed by atoms with van der Waals surface area (Å²) in [5.41, 5.74) is 1.86. The molecule has 0 spiro atoms. The average Bonchev–Trinajstić information content (AvgIpc) is 2.79. The minimum absolute atomic E-state index is 0.00898. The Hall–Kier alpha value is -4.26. The van der Waals surface area contributed by atoms with Crippen LogP contribution in [0.1, 0.15) is 23.5 Å². The number of carbonyl (C=O) groups is 1. The van der Waals surface area contributed by atoms with Gasteiger partial charge in [0.1, 0.15) is 28.7 Å². The molecule has 0 fully saturated rings. The molecule has 0 bridgehead atoms. The second-order valence-corrected chi connectivity index (χ2v) is 7.52. The molecule has 7 heteroatoms. The number of aromatic hydroxyl groups is 2. The lowest BCUT2D eigenvalue weighted by molar-refractivity contribution is -0.135. The fourth-order valence-electron chi connectivity index (χ4n) is 4.14. The SMILES string of the molecule is COc1cc(C2CC(=O)Oc3cc(O)c4c(=O)c(-c5ccccc5)coc4c32)ccc1O. The van der Waals surface area contributed by atoms with Crippen LogP contribution >= 0.6 is 0 Å². The van der Waals surface area contributed by atoms with Crippen LogP contribution in [0.2, 0.25) is 0 Å². The van der Waals surface area contributed by atoms with Crippen molar-refractivity contribution in [1.82, 2.24) is 0 Å². The summed E-state index contributed by atoms with van der Waals surface area (Å²) in [4.78, 5) is 25.6. The van der Waals surface area contributed by atoms with Crippen LogP contribution in [-0.4, -0.2) is 23.3 Å². The van der Waals surface area contributed by atoms with Crippen molar-refractivity contribution in [2.24, 2.45) is 0 Å². The van der Waals surface area contributed by atoms with E-state index in [1.54, 1.807) is 36.4 Å². The fraction of sp³-hybridized carbons (Fsp3) is 0.120. The minimum atomic E-state index is -0.533. The van der Waals surface area contributed by atoms with Gasteiger partial charge < -0.3 is 24.1 Å².